The normalized spacial score (nSPS) is 32.9. The Kier molecular flexibility index (Phi) is 5.39. The zero-order valence-electron chi connectivity index (χ0n) is 9.29. The summed E-state index contributed by atoms with van der Waals surface area (Å²) in [7, 11) is 0. The third-order valence-corrected chi connectivity index (χ3v) is 6.13. The van der Waals surface area contributed by atoms with E-state index in [0.717, 1.165) is 25.0 Å². The van der Waals surface area contributed by atoms with Gasteiger partial charge in [-0.3, -0.25) is 4.79 Å². The van der Waals surface area contributed by atoms with Gasteiger partial charge in [-0.25, -0.2) is 0 Å². The van der Waals surface area contributed by atoms with Crippen LogP contribution in [0.4, 0.5) is 0 Å². The molecule has 0 amide bonds. The number of hydrogen-bond donors (Lipinski definition) is 0. The lowest BCUT2D eigenvalue weighted by atomic mass is 10.1. The van der Waals surface area contributed by atoms with E-state index in [9.17, 15) is 4.79 Å². The molecule has 1 heterocycles. The highest BCUT2D eigenvalue weighted by Crippen LogP contribution is 2.36. The van der Waals surface area contributed by atoms with Crippen molar-refractivity contribution < 1.29 is 4.79 Å². The van der Waals surface area contributed by atoms with E-state index in [-0.39, 0.29) is 5.25 Å². The van der Waals surface area contributed by atoms with Gasteiger partial charge in [-0.2, -0.15) is 11.8 Å². The Bertz CT molecular complexity index is 194. The summed E-state index contributed by atoms with van der Waals surface area (Å²) in [5.41, 5.74) is 0. The van der Waals surface area contributed by atoms with Crippen LogP contribution >= 0.6 is 23.5 Å². The summed E-state index contributed by atoms with van der Waals surface area (Å²) in [6.07, 6.45) is 2.97. The molecule has 0 aromatic carbocycles. The first-order valence-electron chi connectivity index (χ1n) is 5.45. The van der Waals surface area contributed by atoms with Gasteiger partial charge in [0, 0.05) is 22.7 Å². The number of carbonyl (C=O) groups excluding carboxylic acids is 1. The van der Waals surface area contributed by atoms with Crippen molar-refractivity contribution in [2.75, 3.05) is 5.75 Å². The minimum atomic E-state index is 0.276. The Morgan fingerprint density at radius 2 is 2.07 bits per heavy atom. The predicted molar refractivity (Wildman–Crippen MR) is 67.3 cm³/mol. The molecule has 3 heteroatoms. The summed E-state index contributed by atoms with van der Waals surface area (Å²) in [5.74, 6) is 1.50. The van der Waals surface area contributed by atoms with E-state index in [1.54, 1.807) is 0 Å². The van der Waals surface area contributed by atoms with Crippen LogP contribution in [0, 0.1) is 0 Å². The number of unbranched alkanes of at least 4 members (excludes halogenated alkanes) is 1. The largest absolute Gasteiger partial charge is 0.298 e. The van der Waals surface area contributed by atoms with E-state index in [1.165, 1.54) is 0 Å². The van der Waals surface area contributed by atoms with Crippen LogP contribution in [0.5, 0.6) is 0 Å². The summed E-state index contributed by atoms with van der Waals surface area (Å²) in [6, 6.07) is 0. The molecule has 0 radical (unpaired) electrons. The van der Waals surface area contributed by atoms with Gasteiger partial charge in [-0.05, 0) is 6.42 Å². The third kappa shape index (κ3) is 3.50. The zero-order valence-corrected chi connectivity index (χ0v) is 10.9. The van der Waals surface area contributed by atoms with Crippen LogP contribution in [0.2, 0.25) is 0 Å². The fraction of sp³-hybridized carbons (Fsp3) is 0.909. The van der Waals surface area contributed by atoms with Crippen molar-refractivity contribution in [1.29, 1.82) is 0 Å². The first kappa shape index (κ1) is 12.4. The van der Waals surface area contributed by atoms with Crippen LogP contribution in [0.15, 0.2) is 0 Å². The molecule has 1 nitrogen and oxygen atoms in total. The van der Waals surface area contributed by atoms with Crippen LogP contribution in [0.25, 0.3) is 0 Å². The molecular weight excluding hydrogens is 212 g/mol. The molecule has 0 N–H and O–H groups in total. The number of carbonyl (C=O) groups is 1. The van der Waals surface area contributed by atoms with Crippen LogP contribution in [0.1, 0.15) is 40.0 Å². The first-order chi connectivity index (χ1) is 6.65. The fourth-order valence-corrected chi connectivity index (χ4v) is 4.39. The molecule has 3 unspecified atom stereocenters. The molecule has 82 valence electrons. The van der Waals surface area contributed by atoms with Crippen LogP contribution < -0.4 is 0 Å². The molecule has 3 atom stereocenters. The van der Waals surface area contributed by atoms with Crippen molar-refractivity contribution in [2.24, 2.45) is 0 Å². The van der Waals surface area contributed by atoms with Crippen molar-refractivity contribution in [2.45, 2.75) is 55.8 Å². The summed E-state index contributed by atoms with van der Waals surface area (Å²) >= 11 is 3.84. The lowest BCUT2D eigenvalue weighted by Crippen LogP contribution is -2.31. The molecule has 0 spiro atoms. The molecule has 1 saturated heterocycles. The van der Waals surface area contributed by atoms with Gasteiger partial charge in [0.1, 0.15) is 5.78 Å². The number of hydrogen-bond acceptors (Lipinski definition) is 3. The van der Waals surface area contributed by atoms with E-state index < -0.39 is 0 Å². The molecule has 0 aliphatic carbocycles. The number of rotatable bonds is 4. The van der Waals surface area contributed by atoms with E-state index in [4.69, 9.17) is 0 Å². The zero-order chi connectivity index (χ0) is 10.6. The number of ketones is 1. The molecule has 1 fully saturated rings. The Morgan fingerprint density at radius 3 is 2.64 bits per heavy atom. The second-order valence-electron chi connectivity index (χ2n) is 3.94. The van der Waals surface area contributed by atoms with Crippen molar-refractivity contribution in [3.63, 3.8) is 0 Å². The summed E-state index contributed by atoms with van der Waals surface area (Å²) in [5, 5.41) is 1.61. The van der Waals surface area contributed by atoms with Gasteiger partial charge in [-0.15, -0.1) is 11.8 Å². The first-order valence-corrected chi connectivity index (χ1v) is 7.44. The van der Waals surface area contributed by atoms with E-state index in [1.807, 2.05) is 23.5 Å². The van der Waals surface area contributed by atoms with Gasteiger partial charge >= 0.3 is 0 Å². The van der Waals surface area contributed by atoms with Gasteiger partial charge in [-0.1, -0.05) is 27.2 Å². The number of thioether (sulfide) groups is 2. The maximum atomic E-state index is 11.8. The van der Waals surface area contributed by atoms with Gasteiger partial charge in [0.2, 0.25) is 0 Å². The van der Waals surface area contributed by atoms with Crippen molar-refractivity contribution in [3.8, 4) is 0 Å². The third-order valence-electron chi connectivity index (χ3n) is 2.69. The maximum Gasteiger partial charge on any atom is 0.146 e. The molecule has 1 aliphatic heterocycles. The summed E-state index contributed by atoms with van der Waals surface area (Å²) in [6.45, 7) is 6.64. The molecule has 0 bridgehead atoms. The van der Waals surface area contributed by atoms with Gasteiger partial charge in [0.15, 0.2) is 0 Å². The number of Topliss-reactive ketones (excluding diaryl/α,β-unsaturated/α-hetero) is 1. The van der Waals surface area contributed by atoms with Crippen molar-refractivity contribution in [1.82, 2.24) is 0 Å². The average molecular weight is 232 g/mol. The minimum absolute atomic E-state index is 0.276. The highest BCUT2D eigenvalue weighted by atomic mass is 32.2. The Labute approximate surface area is 95.8 Å². The smallest absolute Gasteiger partial charge is 0.146 e. The monoisotopic (exact) mass is 232 g/mol. The molecule has 1 aliphatic rings. The van der Waals surface area contributed by atoms with Gasteiger partial charge in [0.25, 0.3) is 0 Å². The SMILES string of the molecule is CCCCC(=O)C1CSC(C)C(C)S1. The van der Waals surface area contributed by atoms with Crippen LogP contribution in [-0.2, 0) is 4.79 Å². The molecule has 14 heavy (non-hydrogen) atoms. The van der Waals surface area contributed by atoms with Crippen LogP contribution in [0.3, 0.4) is 0 Å². The highest BCUT2D eigenvalue weighted by Gasteiger charge is 2.29. The summed E-state index contributed by atoms with van der Waals surface area (Å²) in [4.78, 5) is 11.8. The topological polar surface area (TPSA) is 17.1 Å². The lowest BCUT2D eigenvalue weighted by molar-refractivity contribution is -0.118. The highest BCUT2D eigenvalue weighted by molar-refractivity contribution is 8.08. The molecule has 0 saturated carbocycles. The fourth-order valence-electron chi connectivity index (χ4n) is 1.46. The Morgan fingerprint density at radius 1 is 1.36 bits per heavy atom. The van der Waals surface area contributed by atoms with E-state index >= 15 is 0 Å². The van der Waals surface area contributed by atoms with E-state index in [0.29, 0.717) is 16.3 Å². The Hall–Kier alpha value is 0.370. The maximum absolute atomic E-state index is 11.8. The second kappa shape index (κ2) is 6.06. The molecule has 0 aromatic rings. The van der Waals surface area contributed by atoms with Crippen LogP contribution in [-0.4, -0.2) is 27.3 Å². The van der Waals surface area contributed by atoms with Crippen molar-refractivity contribution >= 4 is 29.3 Å². The minimum Gasteiger partial charge on any atom is -0.298 e. The van der Waals surface area contributed by atoms with Gasteiger partial charge < -0.3 is 0 Å². The second-order valence-corrected chi connectivity index (χ2v) is 6.93. The van der Waals surface area contributed by atoms with E-state index in [2.05, 4.69) is 20.8 Å². The predicted octanol–water partition coefficient (Wildman–Crippen LogP) is 3.37. The standard InChI is InChI=1S/C11H20OS2/c1-4-5-6-10(12)11-7-13-8(2)9(3)14-11/h8-9,11H,4-7H2,1-3H3. The quantitative estimate of drug-likeness (QED) is 0.740. The molecule has 0 aromatic heterocycles. The lowest BCUT2D eigenvalue weighted by Gasteiger charge is -2.30. The summed E-state index contributed by atoms with van der Waals surface area (Å²) < 4.78 is 0. The van der Waals surface area contributed by atoms with Crippen molar-refractivity contribution in [3.05, 3.63) is 0 Å². The molecular formula is C11H20OS2. The van der Waals surface area contributed by atoms with Gasteiger partial charge in [0.05, 0.1) is 5.25 Å². The average Bonchev–Trinajstić information content (AvgIpc) is 2.18. The molecule has 1 rings (SSSR count). The Balaban J connectivity index is 2.34.